The van der Waals surface area contributed by atoms with Gasteiger partial charge >= 0.3 is 0 Å². The minimum Gasteiger partial charge on any atom is -0.311 e. The molecule has 3 unspecified atom stereocenters. The van der Waals surface area contributed by atoms with Gasteiger partial charge in [0.2, 0.25) is 0 Å². The lowest BCUT2D eigenvalue weighted by Crippen LogP contribution is -2.56. The Balaban J connectivity index is 1.94. The maximum Gasteiger partial charge on any atom is 0.0198 e. The number of nitrogens with zero attached hydrogens (tertiary/aromatic N) is 1. The zero-order chi connectivity index (χ0) is 13.8. The molecule has 0 aromatic carbocycles. The highest BCUT2D eigenvalue weighted by molar-refractivity contribution is 4.89. The molecule has 2 aliphatic rings. The molecule has 1 saturated carbocycles. The van der Waals surface area contributed by atoms with Crippen LogP contribution in [0.2, 0.25) is 0 Å². The smallest absolute Gasteiger partial charge is 0.0198 e. The lowest BCUT2D eigenvalue weighted by Gasteiger charge is -2.46. The van der Waals surface area contributed by atoms with E-state index in [9.17, 15) is 0 Å². The van der Waals surface area contributed by atoms with Crippen molar-refractivity contribution in [2.75, 3.05) is 19.6 Å². The fourth-order valence-corrected chi connectivity index (χ4v) is 4.25. The summed E-state index contributed by atoms with van der Waals surface area (Å²) in [6.45, 7) is 13.3. The molecule has 2 fully saturated rings. The van der Waals surface area contributed by atoms with Gasteiger partial charge in [-0.1, -0.05) is 40.5 Å². The van der Waals surface area contributed by atoms with Crippen molar-refractivity contribution < 1.29 is 0 Å². The molecule has 1 aliphatic heterocycles. The summed E-state index contributed by atoms with van der Waals surface area (Å²) in [4.78, 5) is 2.83. The molecule has 1 saturated heterocycles. The first kappa shape index (κ1) is 15.3. The lowest BCUT2D eigenvalue weighted by atomic mass is 9.76. The Morgan fingerprint density at radius 1 is 1.11 bits per heavy atom. The van der Waals surface area contributed by atoms with Crippen molar-refractivity contribution in [1.29, 1.82) is 0 Å². The standard InChI is InChI=1S/C17H34N2/c1-13(2)11-15-12-19(10-9-18-15)17-8-6-5-7-16(17)14(3)4/h13-18H,5-12H2,1-4H3. The predicted molar refractivity (Wildman–Crippen MR) is 83.4 cm³/mol. The van der Waals surface area contributed by atoms with Crippen LogP contribution in [0.5, 0.6) is 0 Å². The first-order valence-electron chi connectivity index (χ1n) is 8.55. The summed E-state index contributed by atoms with van der Waals surface area (Å²) < 4.78 is 0. The van der Waals surface area contributed by atoms with E-state index < -0.39 is 0 Å². The van der Waals surface area contributed by atoms with Crippen LogP contribution in [-0.4, -0.2) is 36.6 Å². The van der Waals surface area contributed by atoms with Crippen LogP contribution in [0.4, 0.5) is 0 Å². The Morgan fingerprint density at radius 3 is 2.53 bits per heavy atom. The number of hydrogen-bond donors (Lipinski definition) is 1. The van der Waals surface area contributed by atoms with E-state index in [0.717, 1.165) is 29.8 Å². The molecule has 0 bridgehead atoms. The van der Waals surface area contributed by atoms with E-state index in [1.54, 1.807) is 0 Å². The first-order valence-corrected chi connectivity index (χ1v) is 8.55. The number of rotatable bonds is 4. The van der Waals surface area contributed by atoms with E-state index in [1.165, 1.54) is 51.7 Å². The second-order valence-electron chi connectivity index (χ2n) is 7.54. The van der Waals surface area contributed by atoms with Crippen LogP contribution in [0, 0.1) is 17.8 Å². The van der Waals surface area contributed by atoms with Crippen LogP contribution in [0.1, 0.15) is 59.8 Å². The van der Waals surface area contributed by atoms with Gasteiger partial charge in [0, 0.05) is 31.7 Å². The Hall–Kier alpha value is -0.0800. The predicted octanol–water partition coefficient (Wildman–Crippen LogP) is 3.52. The monoisotopic (exact) mass is 266 g/mol. The zero-order valence-corrected chi connectivity index (χ0v) is 13.5. The molecule has 0 spiro atoms. The van der Waals surface area contributed by atoms with E-state index in [1.807, 2.05) is 0 Å². The van der Waals surface area contributed by atoms with Crippen molar-refractivity contribution in [1.82, 2.24) is 10.2 Å². The second-order valence-corrected chi connectivity index (χ2v) is 7.54. The summed E-state index contributed by atoms with van der Waals surface area (Å²) >= 11 is 0. The Bertz CT molecular complexity index is 262. The summed E-state index contributed by atoms with van der Waals surface area (Å²) in [5, 5.41) is 3.72. The van der Waals surface area contributed by atoms with E-state index in [4.69, 9.17) is 0 Å². The molecule has 2 nitrogen and oxygen atoms in total. The average molecular weight is 266 g/mol. The van der Waals surface area contributed by atoms with Gasteiger partial charge < -0.3 is 5.32 Å². The van der Waals surface area contributed by atoms with Gasteiger partial charge in [-0.3, -0.25) is 4.90 Å². The van der Waals surface area contributed by atoms with Gasteiger partial charge in [-0.05, 0) is 37.0 Å². The maximum absolute atomic E-state index is 3.72. The van der Waals surface area contributed by atoms with Crippen LogP contribution < -0.4 is 5.32 Å². The van der Waals surface area contributed by atoms with Gasteiger partial charge in [-0.2, -0.15) is 0 Å². The third-order valence-electron chi connectivity index (χ3n) is 5.15. The molecule has 1 heterocycles. The second kappa shape index (κ2) is 7.08. The minimum absolute atomic E-state index is 0.725. The van der Waals surface area contributed by atoms with Gasteiger partial charge in [-0.25, -0.2) is 0 Å². The van der Waals surface area contributed by atoms with Crippen molar-refractivity contribution in [3.8, 4) is 0 Å². The van der Waals surface area contributed by atoms with Gasteiger partial charge in [0.15, 0.2) is 0 Å². The average Bonchev–Trinajstić information content (AvgIpc) is 2.38. The normalized spacial score (nSPS) is 34.1. The molecule has 2 rings (SSSR count). The fraction of sp³-hybridized carbons (Fsp3) is 1.00. The van der Waals surface area contributed by atoms with Gasteiger partial charge in [0.25, 0.3) is 0 Å². The van der Waals surface area contributed by atoms with Crippen LogP contribution in [0.15, 0.2) is 0 Å². The Morgan fingerprint density at radius 2 is 1.84 bits per heavy atom. The fourth-order valence-electron chi connectivity index (χ4n) is 4.25. The number of piperazine rings is 1. The van der Waals surface area contributed by atoms with E-state index in [2.05, 4.69) is 37.9 Å². The zero-order valence-electron chi connectivity index (χ0n) is 13.5. The summed E-state index contributed by atoms with van der Waals surface area (Å²) in [6.07, 6.45) is 7.14. The highest BCUT2D eigenvalue weighted by atomic mass is 15.2. The van der Waals surface area contributed by atoms with Crippen LogP contribution in [0.25, 0.3) is 0 Å². The largest absolute Gasteiger partial charge is 0.311 e. The SMILES string of the molecule is CC(C)CC1CN(C2CCCCC2C(C)C)CCN1. The molecular formula is C17H34N2. The third kappa shape index (κ3) is 4.19. The van der Waals surface area contributed by atoms with Gasteiger partial charge in [-0.15, -0.1) is 0 Å². The van der Waals surface area contributed by atoms with Gasteiger partial charge in [0.1, 0.15) is 0 Å². The van der Waals surface area contributed by atoms with Crippen molar-refractivity contribution in [3.05, 3.63) is 0 Å². The first-order chi connectivity index (χ1) is 9.08. The Kier molecular flexibility index (Phi) is 5.70. The summed E-state index contributed by atoms with van der Waals surface area (Å²) in [7, 11) is 0. The molecule has 112 valence electrons. The van der Waals surface area contributed by atoms with Crippen LogP contribution >= 0.6 is 0 Å². The van der Waals surface area contributed by atoms with Crippen molar-refractivity contribution in [2.45, 2.75) is 71.9 Å². The van der Waals surface area contributed by atoms with Crippen molar-refractivity contribution in [3.63, 3.8) is 0 Å². The summed E-state index contributed by atoms with van der Waals surface area (Å²) in [5.41, 5.74) is 0. The van der Waals surface area contributed by atoms with E-state index >= 15 is 0 Å². The third-order valence-corrected chi connectivity index (χ3v) is 5.15. The van der Waals surface area contributed by atoms with E-state index in [-0.39, 0.29) is 0 Å². The number of hydrogen-bond acceptors (Lipinski definition) is 2. The molecule has 0 radical (unpaired) electrons. The maximum atomic E-state index is 3.72. The molecule has 0 aromatic rings. The molecule has 19 heavy (non-hydrogen) atoms. The minimum atomic E-state index is 0.725. The van der Waals surface area contributed by atoms with Crippen LogP contribution in [-0.2, 0) is 0 Å². The lowest BCUT2D eigenvalue weighted by molar-refractivity contribution is 0.0520. The van der Waals surface area contributed by atoms with Crippen LogP contribution in [0.3, 0.4) is 0 Å². The Labute approximate surface area is 120 Å². The quantitative estimate of drug-likeness (QED) is 0.837. The molecule has 0 amide bonds. The van der Waals surface area contributed by atoms with Crippen molar-refractivity contribution >= 4 is 0 Å². The summed E-state index contributed by atoms with van der Waals surface area (Å²) in [6, 6.07) is 1.59. The molecule has 0 aromatic heterocycles. The highest BCUT2D eigenvalue weighted by Gasteiger charge is 2.34. The topological polar surface area (TPSA) is 15.3 Å². The molecule has 3 atom stereocenters. The van der Waals surface area contributed by atoms with E-state index in [0.29, 0.717) is 0 Å². The summed E-state index contributed by atoms with van der Waals surface area (Å²) in [5.74, 6) is 2.60. The molecule has 2 heteroatoms. The molecule has 1 aliphatic carbocycles. The molecule has 1 N–H and O–H groups in total. The van der Waals surface area contributed by atoms with Crippen molar-refractivity contribution in [2.24, 2.45) is 17.8 Å². The molecular weight excluding hydrogens is 232 g/mol. The highest BCUT2D eigenvalue weighted by Crippen LogP contribution is 2.34. The number of nitrogens with one attached hydrogen (secondary N) is 1. The van der Waals surface area contributed by atoms with Gasteiger partial charge in [0.05, 0.1) is 0 Å².